The molecule has 1 saturated heterocycles. The third kappa shape index (κ3) is 5.29. The highest BCUT2D eigenvalue weighted by Gasteiger charge is 2.31. The molecular weight excluding hydrogens is 376 g/mol. The van der Waals surface area contributed by atoms with Gasteiger partial charge in [0.25, 0.3) is 0 Å². The maximum absolute atomic E-state index is 12.9. The lowest BCUT2D eigenvalue weighted by Crippen LogP contribution is -2.47. The summed E-state index contributed by atoms with van der Waals surface area (Å²) in [4.78, 5) is 27.2. The number of likely N-dealkylation sites (tertiary alicyclic amines) is 1. The normalized spacial score (nSPS) is 20.3. The van der Waals surface area contributed by atoms with Crippen LogP contribution in [0.4, 0.5) is 0 Å². The molecule has 2 aliphatic rings. The lowest BCUT2D eigenvalue weighted by Gasteiger charge is -2.35. The van der Waals surface area contributed by atoms with E-state index in [0.717, 1.165) is 17.7 Å². The van der Waals surface area contributed by atoms with E-state index in [1.807, 2.05) is 34.0 Å². The lowest BCUT2D eigenvalue weighted by molar-refractivity contribution is -0.139. The first-order chi connectivity index (χ1) is 14.7. The first-order valence-corrected chi connectivity index (χ1v) is 11.3. The molecule has 1 aliphatic heterocycles. The van der Waals surface area contributed by atoms with E-state index in [-0.39, 0.29) is 17.7 Å². The molecule has 1 saturated carbocycles. The molecule has 4 rings (SSSR count). The third-order valence-electron chi connectivity index (χ3n) is 6.54. The maximum Gasteiger partial charge on any atom is 0.225 e. The van der Waals surface area contributed by atoms with Crippen LogP contribution in [0, 0.1) is 11.8 Å². The fraction of sp³-hybridized carbons (Fsp3) is 0.542. The van der Waals surface area contributed by atoms with Crippen LogP contribution in [-0.2, 0) is 22.7 Å². The molecule has 0 spiro atoms. The van der Waals surface area contributed by atoms with Crippen LogP contribution in [0.25, 0.3) is 0 Å². The number of benzene rings is 1. The molecule has 0 unspecified atom stereocenters. The second kappa shape index (κ2) is 9.92. The summed E-state index contributed by atoms with van der Waals surface area (Å²) in [5, 5.41) is 7.40. The molecule has 1 N–H and O–H groups in total. The van der Waals surface area contributed by atoms with Crippen molar-refractivity contribution >= 4 is 11.8 Å². The fourth-order valence-corrected chi connectivity index (χ4v) is 4.77. The lowest BCUT2D eigenvalue weighted by atomic mass is 9.87. The predicted octanol–water partition coefficient (Wildman–Crippen LogP) is 3.37. The van der Waals surface area contributed by atoms with Gasteiger partial charge in [-0.3, -0.25) is 14.3 Å². The number of piperidine rings is 1. The van der Waals surface area contributed by atoms with Gasteiger partial charge in [-0.1, -0.05) is 43.5 Å². The van der Waals surface area contributed by atoms with Crippen molar-refractivity contribution in [1.29, 1.82) is 0 Å². The molecule has 30 heavy (non-hydrogen) atoms. The Morgan fingerprint density at radius 1 is 1.07 bits per heavy atom. The van der Waals surface area contributed by atoms with Crippen LogP contribution < -0.4 is 5.32 Å². The zero-order chi connectivity index (χ0) is 20.8. The first-order valence-electron chi connectivity index (χ1n) is 11.3. The van der Waals surface area contributed by atoms with E-state index in [9.17, 15) is 9.59 Å². The minimum atomic E-state index is -0.107. The second-order valence-electron chi connectivity index (χ2n) is 8.73. The van der Waals surface area contributed by atoms with Crippen molar-refractivity contribution in [3.05, 3.63) is 53.9 Å². The van der Waals surface area contributed by atoms with Gasteiger partial charge >= 0.3 is 0 Å². The van der Waals surface area contributed by atoms with E-state index in [1.165, 1.54) is 32.1 Å². The molecule has 1 aliphatic carbocycles. The Morgan fingerprint density at radius 3 is 2.63 bits per heavy atom. The van der Waals surface area contributed by atoms with Crippen LogP contribution in [-0.4, -0.2) is 39.6 Å². The fourth-order valence-electron chi connectivity index (χ4n) is 4.77. The van der Waals surface area contributed by atoms with E-state index in [2.05, 4.69) is 22.5 Å². The topological polar surface area (TPSA) is 67.2 Å². The van der Waals surface area contributed by atoms with Gasteiger partial charge in [0.1, 0.15) is 0 Å². The summed E-state index contributed by atoms with van der Waals surface area (Å²) in [6.45, 7) is 2.58. The number of nitrogens with zero attached hydrogens (tertiary/aromatic N) is 3. The van der Waals surface area contributed by atoms with Crippen molar-refractivity contribution in [2.45, 2.75) is 58.0 Å². The van der Waals surface area contributed by atoms with E-state index in [1.54, 1.807) is 6.20 Å². The highest BCUT2D eigenvalue weighted by atomic mass is 16.2. The number of nitrogens with one attached hydrogen (secondary N) is 1. The molecule has 1 aromatic carbocycles. The SMILES string of the molecule is O=C(NCc1ccccc1Cn1cccn1)[C@@H]1CCC(=O)N(CC2CCCCC2)C1. The highest BCUT2D eigenvalue weighted by molar-refractivity contribution is 5.83. The highest BCUT2D eigenvalue weighted by Crippen LogP contribution is 2.27. The minimum absolute atomic E-state index is 0.0602. The molecule has 160 valence electrons. The van der Waals surface area contributed by atoms with Gasteiger partial charge in [-0.25, -0.2) is 0 Å². The van der Waals surface area contributed by atoms with Gasteiger partial charge in [-0.2, -0.15) is 5.10 Å². The molecular formula is C24H32N4O2. The maximum atomic E-state index is 12.9. The number of carbonyl (C=O) groups is 2. The Labute approximate surface area is 178 Å². The van der Waals surface area contributed by atoms with E-state index in [0.29, 0.717) is 38.4 Å². The average Bonchev–Trinajstić information content (AvgIpc) is 3.28. The molecule has 0 radical (unpaired) electrons. The Hall–Kier alpha value is -2.63. The monoisotopic (exact) mass is 408 g/mol. The second-order valence-corrected chi connectivity index (χ2v) is 8.73. The molecule has 6 nitrogen and oxygen atoms in total. The molecule has 0 bridgehead atoms. The summed E-state index contributed by atoms with van der Waals surface area (Å²) in [6, 6.07) is 10.1. The standard InChI is InChI=1S/C24H32N4O2/c29-23-12-11-22(17-27(23)16-19-7-2-1-3-8-19)24(30)25-15-20-9-4-5-10-21(20)18-28-14-6-13-26-28/h4-6,9-10,13-14,19,22H,1-3,7-8,11-12,15-18H2,(H,25,30)/t22-/m1/s1. The van der Waals surface area contributed by atoms with Gasteiger partial charge in [-0.05, 0) is 42.4 Å². The van der Waals surface area contributed by atoms with Crippen molar-refractivity contribution in [3.8, 4) is 0 Å². The van der Waals surface area contributed by atoms with Crippen molar-refractivity contribution < 1.29 is 9.59 Å². The van der Waals surface area contributed by atoms with E-state index >= 15 is 0 Å². The summed E-state index contributed by atoms with van der Waals surface area (Å²) >= 11 is 0. The Balaban J connectivity index is 1.32. The summed E-state index contributed by atoms with van der Waals surface area (Å²) < 4.78 is 1.89. The van der Waals surface area contributed by atoms with Crippen molar-refractivity contribution in [3.63, 3.8) is 0 Å². The number of amides is 2. The Kier molecular flexibility index (Phi) is 6.82. The third-order valence-corrected chi connectivity index (χ3v) is 6.54. The average molecular weight is 409 g/mol. The molecule has 6 heteroatoms. The van der Waals surface area contributed by atoms with Gasteiger partial charge < -0.3 is 10.2 Å². The van der Waals surface area contributed by atoms with Gasteiger partial charge in [0.2, 0.25) is 11.8 Å². The van der Waals surface area contributed by atoms with Crippen molar-refractivity contribution in [1.82, 2.24) is 20.0 Å². The summed E-state index contributed by atoms with van der Waals surface area (Å²) in [5.41, 5.74) is 2.26. The van der Waals surface area contributed by atoms with E-state index < -0.39 is 0 Å². The van der Waals surface area contributed by atoms with Crippen LogP contribution in [0.2, 0.25) is 0 Å². The smallest absolute Gasteiger partial charge is 0.225 e. The predicted molar refractivity (Wildman–Crippen MR) is 115 cm³/mol. The number of hydrogen-bond acceptors (Lipinski definition) is 3. The van der Waals surface area contributed by atoms with Crippen LogP contribution in [0.15, 0.2) is 42.7 Å². The largest absolute Gasteiger partial charge is 0.352 e. The molecule has 1 aromatic heterocycles. The van der Waals surface area contributed by atoms with Crippen molar-refractivity contribution in [2.24, 2.45) is 11.8 Å². The van der Waals surface area contributed by atoms with Gasteiger partial charge in [0, 0.05) is 38.4 Å². The first kappa shape index (κ1) is 20.6. The molecule has 2 aromatic rings. The van der Waals surface area contributed by atoms with Gasteiger partial charge in [0.05, 0.1) is 12.5 Å². The summed E-state index contributed by atoms with van der Waals surface area (Å²) in [6.07, 6.45) is 11.1. The molecule has 2 heterocycles. The molecule has 2 fully saturated rings. The van der Waals surface area contributed by atoms with Crippen LogP contribution in [0.3, 0.4) is 0 Å². The summed E-state index contributed by atoms with van der Waals surface area (Å²) in [5.74, 6) is 0.780. The Morgan fingerprint density at radius 2 is 1.87 bits per heavy atom. The zero-order valence-corrected chi connectivity index (χ0v) is 17.6. The number of aromatic nitrogens is 2. The van der Waals surface area contributed by atoms with Crippen molar-refractivity contribution in [2.75, 3.05) is 13.1 Å². The van der Waals surface area contributed by atoms with Gasteiger partial charge in [-0.15, -0.1) is 0 Å². The molecule has 1 atom stereocenters. The van der Waals surface area contributed by atoms with Gasteiger partial charge in [0.15, 0.2) is 0 Å². The quantitative estimate of drug-likeness (QED) is 0.764. The van der Waals surface area contributed by atoms with E-state index in [4.69, 9.17) is 0 Å². The minimum Gasteiger partial charge on any atom is -0.352 e. The number of hydrogen-bond donors (Lipinski definition) is 1. The van der Waals surface area contributed by atoms with Crippen LogP contribution in [0.1, 0.15) is 56.1 Å². The Bertz CT molecular complexity index is 843. The molecule has 2 amide bonds. The van der Waals surface area contributed by atoms with Crippen LogP contribution >= 0.6 is 0 Å². The summed E-state index contributed by atoms with van der Waals surface area (Å²) in [7, 11) is 0. The number of carbonyl (C=O) groups excluding carboxylic acids is 2. The van der Waals surface area contributed by atoms with Crippen LogP contribution in [0.5, 0.6) is 0 Å². The number of rotatable bonds is 7. The zero-order valence-electron chi connectivity index (χ0n) is 17.6.